The molecular formula is C17H27N5O. The highest BCUT2D eigenvalue weighted by Crippen LogP contribution is 2.23. The van der Waals surface area contributed by atoms with Crippen molar-refractivity contribution in [1.82, 2.24) is 25.1 Å². The van der Waals surface area contributed by atoms with Gasteiger partial charge in [0.15, 0.2) is 0 Å². The van der Waals surface area contributed by atoms with Crippen molar-refractivity contribution in [2.45, 2.75) is 38.6 Å². The first-order chi connectivity index (χ1) is 11.3. The van der Waals surface area contributed by atoms with Gasteiger partial charge in [0.2, 0.25) is 0 Å². The average Bonchev–Trinajstić information content (AvgIpc) is 3.27. The van der Waals surface area contributed by atoms with E-state index in [4.69, 9.17) is 0 Å². The summed E-state index contributed by atoms with van der Waals surface area (Å²) in [6.07, 6.45) is 10.6. The summed E-state index contributed by atoms with van der Waals surface area (Å²) in [5, 5.41) is 3.07. The molecule has 2 aliphatic rings. The molecule has 6 nitrogen and oxygen atoms in total. The summed E-state index contributed by atoms with van der Waals surface area (Å²) in [5.41, 5.74) is 1.49. The van der Waals surface area contributed by atoms with Gasteiger partial charge in [0, 0.05) is 38.6 Å². The van der Waals surface area contributed by atoms with Crippen LogP contribution < -0.4 is 5.32 Å². The fraction of sp³-hybridized carbons (Fsp3) is 0.647. The van der Waals surface area contributed by atoms with Crippen molar-refractivity contribution in [3.63, 3.8) is 0 Å². The minimum Gasteiger partial charge on any atom is -0.347 e. The van der Waals surface area contributed by atoms with Crippen LogP contribution in [0.4, 0.5) is 4.79 Å². The molecule has 6 heteroatoms. The van der Waals surface area contributed by atoms with E-state index in [-0.39, 0.29) is 12.1 Å². The molecule has 23 heavy (non-hydrogen) atoms. The molecule has 1 saturated heterocycles. The number of aromatic nitrogens is 2. The molecule has 1 aromatic rings. The van der Waals surface area contributed by atoms with Crippen LogP contribution in [0.1, 0.15) is 44.5 Å². The summed E-state index contributed by atoms with van der Waals surface area (Å²) >= 11 is 0. The van der Waals surface area contributed by atoms with Crippen molar-refractivity contribution in [3.8, 4) is 0 Å². The molecule has 1 aromatic heterocycles. The minimum atomic E-state index is 0.0518. The first kappa shape index (κ1) is 16.1. The number of allylic oxidation sites excluding steroid dienone is 1. The smallest absolute Gasteiger partial charge is 0.317 e. The van der Waals surface area contributed by atoms with E-state index in [9.17, 15) is 4.79 Å². The molecule has 1 atom stereocenters. The summed E-state index contributed by atoms with van der Waals surface area (Å²) in [7, 11) is 0. The second kappa shape index (κ2) is 7.64. The number of piperazine rings is 1. The van der Waals surface area contributed by atoms with Gasteiger partial charge >= 0.3 is 6.03 Å². The molecule has 2 amide bonds. The van der Waals surface area contributed by atoms with Crippen LogP contribution in [0, 0.1) is 0 Å². The number of urea groups is 1. The highest BCUT2D eigenvalue weighted by atomic mass is 16.2. The highest BCUT2D eigenvalue weighted by molar-refractivity contribution is 5.74. The Morgan fingerprint density at radius 2 is 2.39 bits per heavy atom. The lowest BCUT2D eigenvalue weighted by Gasteiger charge is -2.40. The van der Waals surface area contributed by atoms with E-state index in [1.807, 2.05) is 11.1 Å². The topological polar surface area (TPSA) is 64.3 Å². The lowest BCUT2D eigenvalue weighted by atomic mass is 10.1. The number of H-pyrrole nitrogens is 1. The number of imidazole rings is 1. The van der Waals surface area contributed by atoms with Gasteiger partial charge in [-0.2, -0.15) is 0 Å². The van der Waals surface area contributed by atoms with Gasteiger partial charge in [0.1, 0.15) is 5.82 Å². The zero-order valence-electron chi connectivity index (χ0n) is 13.9. The van der Waals surface area contributed by atoms with Gasteiger partial charge in [-0.15, -0.1) is 0 Å². The number of likely N-dealkylation sites (N-methyl/N-ethyl adjacent to an activating group) is 1. The predicted molar refractivity (Wildman–Crippen MR) is 90.1 cm³/mol. The summed E-state index contributed by atoms with van der Waals surface area (Å²) in [6, 6.07) is 0.211. The Morgan fingerprint density at radius 1 is 1.48 bits per heavy atom. The third-order valence-corrected chi connectivity index (χ3v) is 4.88. The van der Waals surface area contributed by atoms with E-state index in [0.717, 1.165) is 38.4 Å². The van der Waals surface area contributed by atoms with Crippen LogP contribution in [-0.2, 0) is 0 Å². The first-order valence-electron chi connectivity index (χ1n) is 8.72. The molecule has 0 bridgehead atoms. The van der Waals surface area contributed by atoms with E-state index >= 15 is 0 Å². The number of rotatable bonds is 5. The molecule has 1 fully saturated rings. The quantitative estimate of drug-likeness (QED) is 0.819. The van der Waals surface area contributed by atoms with Crippen molar-refractivity contribution in [3.05, 3.63) is 29.9 Å². The molecule has 126 valence electrons. The second-order valence-corrected chi connectivity index (χ2v) is 6.30. The molecule has 1 aliphatic heterocycles. The van der Waals surface area contributed by atoms with Gasteiger partial charge in [-0.25, -0.2) is 9.78 Å². The Balaban J connectivity index is 1.52. The van der Waals surface area contributed by atoms with Crippen molar-refractivity contribution in [2.75, 3.05) is 32.7 Å². The van der Waals surface area contributed by atoms with Gasteiger partial charge in [0.25, 0.3) is 0 Å². The standard InChI is InChI=1S/C17H27N5O/c1-2-21-11-12-22(13-15(21)16-18-9-10-19-16)17(23)20-8-7-14-5-3-4-6-14/h5,9-10,15H,2-4,6-8,11-13H2,1H3,(H,18,19)(H,20,23). The van der Waals surface area contributed by atoms with Gasteiger partial charge in [-0.05, 0) is 32.2 Å². The van der Waals surface area contributed by atoms with E-state index in [1.54, 1.807) is 6.20 Å². The Hall–Kier alpha value is -1.82. The van der Waals surface area contributed by atoms with E-state index in [1.165, 1.54) is 24.8 Å². The second-order valence-electron chi connectivity index (χ2n) is 6.30. The fourth-order valence-electron chi connectivity index (χ4n) is 3.51. The van der Waals surface area contributed by atoms with Crippen molar-refractivity contribution >= 4 is 6.03 Å². The van der Waals surface area contributed by atoms with Gasteiger partial charge in [0.05, 0.1) is 6.04 Å². The minimum absolute atomic E-state index is 0.0518. The maximum absolute atomic E-state index is 12.4. The molecule has 0 saturated carbocycles. The Morgan fingerprint density at radius 3 is 3.09 bits per heavy atom. The first-order valence-corrected chi connectivity index (χ1v) is 8.72. The zero-order valence-corrected chi connectivity index (χ0v) is 13.9. The van der Waals surface area contributed by atoms with Gasteiger partial charge in [-0.3, -0.25) is 4.90 Å². The molecular weight excluding hydrogens is 290 g/mol. The molecule has 0 aromatic carbocycles. The van der Waals surface area contributed by atoms with Crippen LogP contribution >= 0.6 is 0 Å². The van der Waals surface area contributed by atoms with Crippen LogP contribution in [0.15, 0.2) is 24.0 Å². The average molecular weight is 317 g/mol. The molecule has 2 heterocycles. The summed E-state index contributed by atoms with van der Waals surface area (Å²) in [6.45, 7) is 6.22. The number of hydrogen-bond acceptors (Lipinski definition) is 3. The SMILES string of the molecule is CCN1CCN(C(=O)NCCC2=CCCC2)CC1c1ncc[nH]1. The molecule has 0 spiro atoms. The fourth-order valence-corrected chi connectivity index (χ4v) is 3.51. The van der Waals surface area contributed by atoms with E-state index < -0.39 is 0 Å². The number of nitrogens with one attached hydrogen (secondary N) is 2. The normalized spacial score (nSPS) is 22.2. The van der Waals surface area contributed by atoms with Crippen LogP contribution in [-0.4, -0.2) is 58.5 Å². The Labute approximate surface area is 137 Å². The Bertz CT molecular complexity index is 539. The lowest BCUT2D eigenvalue weighted by molar-refractivity contribution is 0.0898. The summed E-state index contributed by atoms with van der Waals surface area (Å²) in [5.74, 6) is 0.945. The zero-order chi connectivity index (χ0) is 16.1. The van der Waals surface area contributed by atoms with Crippen LogP contribution in [0.2, 0.25) is 0 Å². The lowest BCUT2D eigenvalue weighted by Crippen LogP contribution is -2.53. The molecule has 1 unspecified atom stereocenters. The van der Waals surface area contributed by atoms with Crippen LogP contribution in [0.3, 0.4) is 0 Å². The van der Waals surface area contributed by atoms with E-state index in [2.05, 4.69) is 33.2 Å². The summed E-state index contributed by atoms with van der Waals surface area (Å²) in [4.78, 5) is 24.3. The third-order valence-electron chi connectivity index (χ3n) is 4.88. The van der Waals surface area contributed by atoms with Crippen molar-refractivity contribution in [2.24, 2.45) is 0 Å². The molecule has 1 aliphatic carbocycles. The Kier molecular flexibility index (Phi) is 5.33. The number of amides is 2. The number of aromatic amines is 1. The number of carbonyl (C=O) groups excluding carboxylic acids is 1. The largest absolute Gasteiger partial charge is 0.347 e. The monoisotopic (exact) mass is 317 g/mol. The number of carbonyl (C=O) groups is 1. The molecule has 3 rings (SSSR count). The highest BCUT2D eigenvalue weighted by Gasteiger charge is 2.31. The van der Waals surface area contributed by atoms with Gasteiger partial charge < -0.3 is 15.2 Å². The molecule has 2 N–H and O–H groups in total. The van der Waals surface area contributed by atoms with Crippen LogP contribution in [0.25, 0.3) is 0 Å². The van der Waals surface area contributed by atoms with Crippen molar-refractivity contribution < 1.29 is 4.79 Å². The summed E-state index contributed by atoms with van der Waals surface area (Å²) < 4.78 is 0. The third kappa shape index (κ3) is 3.93. The number of nitrogens with zero attached hydrogens (tertiary/aromatic N) is 3. The van der Waals surface area contributed by atoms with Crippen LogP contribution in [0.5, 0.6) is 0 Å². The van der Waals surface area contributed by atoms with Crippen molar-refractivity contribution in [1.29, 1.82) is 0 Å². The maximum Gasteiger partial charge on any atom is 0.317 e. The van der Waals surface area contributed by atoms with E-state index in [0.29, 0.717) is 6.54 Å². The van der Waals surface area contributed by atoms with Gasteiger partial charge in [-0.1, -0.05) is 18.6 Å². The molecule has 0 radical (unpaired) electrons. The number of hydrogen-bond donors (Lipinski definition) is 2. The predicted octanol–water partition coefficient (Wildman–Crippen LogP) is 2.30. The maximum atomic E-state index is 12.4.